The highest BCUT2D eigenvalue weighted by Crippen LogP contribution is 2.34. The van der Waals surface area contributed by atoms with Crippen LogP contribution in [0.15, 0.2) is 6.20 Å². The molecule has 0 radical (unpaired) electrons. The highest BCUT2D eigenvalue weighted by atomic mass is 35.5. The maximum Gasteiger partial charge on any atom is 0.342 e. The highest BCUT2D eigenvalue weighted by Gasteiger charge is 2.29. The second kappa shape index (κ2) is 6.26. The maximum atomic E-state index is 11.7. The molecule has 20 heavy (non-hydrogen) atoms. The van der Waals surface area contributed by atoms with E-state index < -0.39 is 11.9 Å². The first-order valence-electron chi connectivity index (χ1n) is 6.67. The van der Waals surface area contributed by atoms with Gasteiger partial charge in [-0.05, 0) is 32.6 Å². The van der Waals surface area contributed by atoms with Gasteiger partial charge in [-0.25, -0.2) is 4.79 Å². The summed E-state index contributed by atoms with van der Waals surface area (Å²) in [5, 5.41) is 13.4. The van der Waals surface area contributed by atoms with Crippen molar-refractivity contribution in [1.29, 1.82) is 0 Å². The Morgan fingerprint density at radius 3 is 2.65 bits per heavy atom. The molecule has 0 spiro atoms. The molecule has 0 aliphatic heterocycles. The number of hydrogen-bond acceptors (Lipinski definition) is 4. The molecule has 0 saturated heterocycles. The van der Waals surface area contributed by atoms with Crippen molar-refractivity contribution >= 4 is 23.5 Å². The van der Waals surface area contributed by atoms with E-state index in [0.29, 0.717) is 25.7 Å². The van der Waals surface area contributed by atoms with Crippen molar-refractivity contribution in [1.82, 2.24) is 9.78 Å². The van der Waals surface area contributed by atoms with E-state index in [1.165, 1.54) is 6.20 Å². The number of ether oxygens (including phenoxy) is 1. The zero-order chi connectivity index (χ0) is 14.7. The number of hydrogen-bond donors (Lipinski definition) is 1. The van der Waals surface area contributed by atoms with Gasteiger partial charge in [0.05, 0.1) is 24.8 Å². The predicted octanol–water partition coefficient (Wildman–Crippen LogP) is 2.53. The van der Waals surface area contributed by atoms with E-state index in [9.17, 15) is 9.59 Å². The van der Waals surface area contributed by atoms with E-state index in [4.69, 9.17) is 21.4 Å². The van der Waals surface area contributed by atoms with Crippen molar-refractivity contribution in [2.24, 2.45) is 5.92 Å². The molecule has 1 fully saturated rings. The first-order valence-corrected chi connectivity index (χ1v) is 7.05. The summed E-state index contributed by atoms with van der Waals surface area (Å²) in [4.78, 5) is 22.6. The second-order valence-electron chi connectivity index (χ2n) is 4.86. The Kier molecular flexibility index (Phi) is 4.65. The topological polar surface area (TPSA) is 81.4 Å². The monoisotopic (exact) mass is 300 g/mol. The normalized spacial score (nSPS) is 22.5. The van der Waals surface area contributed by atoms with Gasteiger partial charge in [0.2, 0.25) is 0 Å². The quantitative estimate of drug-likeness (QED) is 0.864. The van der Waals surface area contributed by atoms with Gasteiger partial charge in [-0.15, -0.1) is 0 Å². The van der Waals surface area contributed by atoms with Gasteiger partial charge in [-0.1, -0.05) is 11.6 Å². The lowest BCUT2D eigenvalue weighted by Gasteiger charge is -2.26. The van der Waals surface area contributed by atoms with E-state index in [2.05, 4.69) is 5.10 Å². The van der Waals surface area contributed by atoms with Crippen LogP contribution in [0.5, 0.6) is 0 Å². The Morgan fingerprint density at radius 1 is 1.45 bits per heavy atom. The summed E-state index contributed by atoms with van der Waals surface area (Å²) in [5.41, 5.74) is 0.258. The van der Waals surface area contributed by atoms with Crippen LogP contribution in [0, 0.1) is 5.92 Å². The van der Waals surface area contributed by atoms with Crippen LogP contribution >= 0.6 is 11.6 Å². The van der Waals surface area contributed by atoms with Crippen LogP contribution in [0.4, 0.5) is 0 Å². The van der Waals surface area contributed by atoms with Gasteiger partial charge in [-0.3, -0.25) is 9.48 Å². The average molecular weight is 301 g/mol. The molecule has 1 heterocycles. The van der Waals surface area contributed by atoms with Gasteiger partial charge in [0.15, 0.2) is 0 Å². The van der Waals surface area contributed by atoms with Crippen molar-refractivity contribution in [3.8, 4) is 0 Å². The second-order valence-corrected chi connectivity index (χ2v) is 5.22. The molecule has 7 heteroatoms. The minimum Gasteiger partial charge on any atom is -0.481 e. The Bertz CT molecular complexity index is 506. The molecular weight excluding hydrogens is 284 g/mol. The predicted molar refractivity (Wildman–Crippen MR) is 71.8 cm³/mol. The zero-order valence-corrected chi connectivity index (χ0v) is 12.0. The number of aromatic nitrogens is 2. The Morgan fingerprint density at radius 2 is 2.10 bits per heavy atom. The number of halogens is 1. The molecule has 1 aromatic rings. The third-order valence-electron chi connectivity index (χ3n) is 3.62. The summed E-state index contributed by atoms with van der Waals surface area (Å²) in [6.07, 6.45) is 4.00. The maximum absolute atomic E-state index is 11.7. The summed E-state index contributed by atoms with van der Waals surface area (Å²) in [5.74, 6) is -1.52. The molecule has 2 rings (SSSR count). The van der Waals surface area contributed by atoms with Crippen molar-refractivity contribution < 1.29 is 19.4 Å². The van der Waals surface area contributed by atoms with Crippen LogP contribution in [0.1, 0.15) is 49.0 Å². The molecular formula is C13H17ClN2O4. The first kappa shape index (κ1) is 14.8. The Hall–Kier alpha value is -1.56. The molecule has 1 aliphatic carbocycles. The summed E-state index contributed by atoms with van der Waals surface area (Å²) in [6.45, 7) is 2.01. The Balaban J connectivity index is 2.08. The summed E-state index contributed by atoms with van der Waals surface area (Å²) in [6, 6.07) is 0.0428. The van der Waals surface area contributed by atoms with Crippen LogP contribution in [-0.4, -0.2) is 33.4 Å². The van der Waals surface area contributed by atoms with Crippen LogP contribution in [0.2, 0.25) is 5.15 Å². The number of carbonyl (C=O) groups is 2. The van der Waals surface area contributed by atoms with E-state index in [1.54, 1.807) is 11.6 Å². The molecule has 6 nitrogen and oxygen atoms in total. The van der Waals surface area contributed by atoms with Gasteiger partial charge >= 0.3 is 11.9 Å². The SMILES string of the molecule is CCOC(=O)c1cnn(C2CCC(C(=O)O)CC2)c1Cl. The number of esters is 1. The molecule has 0 amide bonds. The summed E-state index contributed by atoms with van der Waals surface area (Å²) < 4.78 is 6.51. The van der Waals surface area contributed by atoms with Gasteiger partial charge in [0, 0.05) is 0 Å². The molecule has 0 unspecified atom stereocenters. The molecule has 1 aromatic heterocycles. The standard InChI is InChI=1S/C13H17ClN2O4/c1-2-20-13(19)10-7-15-16(11(10)14)9-5-3-8(4-6-9)12(17)18/h7-9H,2-6H2,1H3,(H,17,18). The third-order valence-corrected chi connectivity index (χ3v) is 4.00. The van der Waals surface area contributed by atoms with E-state index in [0.717, 1.165) is 0 Å². The highest BCUT2D eigenvalue weighted by molar-refractivity contribution is 6.32. The summed E-state index contributed by atoms with van der Waals surface area (Å²) >= 11 is 6.17. The lowest BCUT2D eigenvalue weighted by atomic mass is 9.86. The number of carboxylic acids is 1. The van der Waals surface area contributed by atoms with E-state index in [1.807, 2.05) is 0 Å². The molecule has 110 valence electrons. The fourth-order valence-corrected chi connectivity index (χ4v) is 2.82. The van der Waals surface area contributed by atoms with Crippen LogP contribution in [-0.2, 0) is 9.53 Å². The van der Waals surface area contributed by atoms with Crippen molar-refractivity contribution in [3.63, 3.8) is 0 Å². The fourth-order valence-electron chi connectivity index (χ4n) is 2.51. The van der Waals surface area contributed by atoms with Crippen LogP contribution in [0.25, 0.3) is 0 Å². The lowest BCUT2D eigenvalue weighted by Crippen LogP contribution is -2.24. The van der Waals surface area contributed by atoms with Gasteiger partial charge in [0.1, 0.15) is 10.7 Å². The minimum absolute atomic E-state index is 0.0428. The van der Waals surface area contributed by atoms with Crippen molar-refractivity contribution in [2.75, 3.05) is 6.61 Å². The smallest absolute Gasteiger partial charge is 0.342 e. The number of nitrogens with zero attached hydrogens (tertiary/aromatic N) is 2. The molecule has 0 bridgehead atoms. The molecule has 1 saturated carbocycles. The van der Waals surface area contributed by atoms with Crippen molar-refractivity contribution in [3.05, 3.63) is 16.9 Å². The van der Waals surface area contributed by atoms with Crippen LogP contribution < -0.4 is 0 Å². The largest absolute Gasteiger partial charge is 0.481 e. The van der Waals surface area contributed by atoms with Crippen LogP contribution in [0.3, 0.4) is 0 Å². The first-order chi connectivity index (χ1) is 9.54. The molecule has 0 aromatic carbocycles. The van der Waals surface area contributed by atoms with Gasteiger partial charge in [-0.2, -0.15) is 5.10 Å². The zero-order valence-electron chi connectivity index (χ0n) is 11.2. The molecule has 1 N–H and O–H groups in total. The van der Waals surface area contributed by atoms with E-state index in [-0.39, 0.29) is 29.3 Å². The third kappa shape index (κ3) is 2.95. The minimum atomic E-state index is -0.748. The fraction of sp³-hybridized carbons (Fsp3) is 0.615. The molecule has 1 aliphatic rings. The lowest BCUT2D eigenvalue weighted by molar-refractivity contribution is -0.143. The Labute approximate surface area is 121 Å². The van der Waals surface area contributed by atoms with E-state index >= 15 is 0 Å². The number of aliphatic carboxylic acids is 1. The summed E-state index contributed by atoms with van der Waals surface area (Å²) in [7, 11) is 0. The van der Waals surface area contributed by atoms with Crippen molar-refractivity contribution in [2.45, 2.75) is 38.6 Å². The molecule has 0 atom stereocenters. The number of rotatable bonds is 4. The average Bonchev–Trinajstić information content (AvgIpc) is 2.81. The van der Waals surface area contributed by atoms with Gasteiger partial charge < -0.3 is 9.84 Å². The van der Waals surface area contributed by atoms with Gasteiger partial charge in [0.25, 0.3) is 0 Å². The number of carbonyl (C=O) groups excluding carboxylic acids is 1. The number of carboxylic acid groups (broad SMARTS) is 1.